The number of carbonyl (C=O) groups excluding carboxylic acids is 1. The van der Waals surface area contributed by atoms with Gasteiger partial charge in [-0.05, 0) is 38.3 Å². The Labute approximate surface area is 148 Å². The van der Waals surface area contributed by atoms with Crippen LogP contribution >= 0.6 is 0 Å². The maximum atomic E-state index is 13.5. The van der Waals surface area contributed by atoms with Gasteiger partial charge in [0.2, 0.25) is 5.91 Å². The van der Waals surface area contributed by atoms with E-state index in [1.165, 1.54) is 12.1 Å². The van der Waals surface area contributed by atoms with Crippen molar-refractivity contribution >= 4 is 5.91 Å². The van der Waals surface area contributed by atoms with Crippen LogP contribution in [0, 0.1) is 5.82 Å². The van der Waals surface area contributed by atoms with Crippen molar-refractivity contribution in [2.24, 2.45) is 0 Å². The Kier molecular flexibility index (Phi) is 5.59. The third-order valence-electron chi connectivity index (χ3n) is 5.50. The van der Waals surface area contributed by atoms with Crippen LogP contribution in [-0.4, -0.2) is 61.7 Å². The van der Waals surface area contributed by atoms with Gasteiger partial charge in [-0.2, -0.15) is 0 Å². The summed E-state index contributed by atoms with van der Waals surface area (Å²) in [5.41, 5.74) is 0.498. The summed E-state index contributed by atoms with van der Waals surface area (Å²) < 4.78 is 23.9. The summed E-state index contributed by atoms with van der Waals surface area (Å²) in [4.78, 5) is 17.4. The number of hydrogen-bond acceptors (Lipinski definition) is 4. The predicted octanol–water partition coefficient (Wildman–Crippen LogP) is 2.44. The molecule has 138 valence electrons. The minimum Gasteiger partial charge on any atom is -0.496 e. The molecule has 0 bridgehead atoms. The van der Waals surface area contributed by atoms with E-state index >= 15 is 0 Å². The second-order valence-corrected chi connectivity index (χ2v) is 6.90. The molecule has 2 aliphatic heterocycles. The minimum absolute atomic E-state index is 0.217. The summed E-state index contributed by atoms with van der Waals surface area (Å²) in [5, 5.41) is 0. The highest BCUT2D eigenvalue weighted by atomic mass is 19.1. The maximum Gasteiger partial charge on any atom is 0.243 e. The van der Waals surface area contributed by atoms with E-state index in [2.05, 4.69) is 4.90 Å². The van der Waals surface area contributed by atoms with Gasteiger partial charge in [-0.25, -0.2) is 4.39 Å². The Bertz CT molecular complexity index is 625. The predicted molar refractivity (Wildman–Crippen MR) is 93.0 cm³/mol. The quantitative estimate of drug-likeness (QED) is 0.790. The molecule has 25 heavy (non-hydrogen) atoms. The van der Waals surface area contributed by atoms with Crippen molar-refractivity contribution in [3.05, 3.63) is 29.6 Å². The van der Waals surface area contributed by atoms with Crippen LogP contribution in [-0.2, 0) is 16.1 Å². The van der Waals surface area contributed by atoms with Crippen LogP contribution in [0.4, 0.5) is 4.39 Å². The van der Waals surface area contributed by atoms with E-state index in [1.54, 1.807) is 20.3 Å². The highest BCUT2D eigenvalue weighted by Crippen LogP contribution is 2.40. The van der Waals surface area contributed by atoms with Gasteiger partial charge in [0, 0.05) is 38.4 Å². The van der Waals surface area contributed by atoms with Gasteiger partial charge >= 0.3 is 0 Å². The fraction of sp³-hybridized carbons (Fsp3) is 0.632. The zero-order chi connectivity index (χ0) is 17.9. The monoisotopic (exact) mass is 350 g/mol. The van der Waals surface area contributed by atoms with Gasteiger partial charge in [0.15, 0.2) is 0 Å². The highest BCUT2D eigenvalue weighted by molar-refractivity contribution is 5.87. The third-order valence-corrected chi connectivity index (χ3v) is 5.50. The first-order chi connectivity index (χ1) is 12.1. The molecule has 2 heterocycles. The maximum absolute atomic E-state index is 13.5. The van der Waals surface area contributed by atoms with Gasteiger partial charge in [-0.15, -0.1) is 0 Å². The molecular weight excluding hydrogens is 323 g/mol. The van der Waals surface area contributed by atoms with Crippen molar-refractivity contribution in [3.8, 4) is 5.75 Å². The summed E-state index contributed by atoms with van der Waals surface area (Å²) in [6.45, 7) is 3.49. The summed E-state index contributed by atoms with van der Waals surface area (Å²) in [6, 6.07) is 4.62. The molecule has 0 saturated carbocycles. The summed E-state index contributed by atoms with van der Waals surface area (Å²) >= 11 is 0. The molecule has 0 aromatic heterocycles. The molecular formula is C19H27FN2O3. The standard InChI is InChI=1S/C19H27FN2O3/c1-24-12-11-21-9-3-7-19(18(21)23)8-4-10-22(19)14-15-5-6-16(20)13-17(15)25-2/h5-6,13H,3-4,7-12,14H2,1-2H3. The minimum atomic E-state index is -0.425. The zero-order valence-electron chi connectivity index (χ0n) is 15.1. The molecule has 2 fully saturated rings. The number of likely N-dealkylation sites (tertiary alicyclic amines) is 2. The molecule has 1 unspecified atom stereocenters. The molecule has 1 amide bonds. The first kappa shape index (κ1) is 18.1. The first-order valence-electron chi connectivity index (χ1n) is 8.96. The second kappa shape index (κ2) is 7.70. The Morgan fingerprint density at radius 1 is 1.20 bits per heavy atom. The molecule has 1 aromatic rings. The summed E-state index contributed by atoms with van der Waals surface area (Å²) in [7, 11) is 3.21. The third kappa shape index (κ3) is 3.51. The van der Waals surface area contributed by atoms with E-state index in [-0.39, 0.29) is 11.7 Å². The van der Waals surface area contributed by atoms with Crippen LogP contribution in [0.3, 0.4) is 0 Å². The van der Waals surface area contributed by atoms with Gasteiger partial charge < -0.3 is 14.4 Å². The van der Waals surface area contributed by atoms with Gasteiger partial charge in [-0.1, -0.05) is 6.07 Å². The van der Waals surface area contributed by atoms with Crippen LogP contribution in [0.25, 0.3) is 0 Å². The smallest absolute Gasteiger partial charge is 0.243 e. The average Bonchev–Trinajstić information content (AvgIpc) is 3.01. The average molecular weight is 350 g/mol. The van der Waals surface area contributed by atoms with Gasteiger partial charge in [0.05, 0.1) is 13.7 Å². The Morgan fingerprint density at radius 2 is 1.96 bits per heavy atom. The number of piperidine rings is 1. The Hall–Kier alpha value is -1.66. The van der Waals surface area contributed by atoms with Gasteiger partial charge in [0.1, 0.15) is 17.1 Å². The number of methoxy groups -OCH3 is 2. The Morgan fingerprint density at radius 3 is 2.68 bits per heavy atom. The van der Waals surface area contributed by atoms with Crippen LogP contribution in [0.5, 0.6) is 5.75 Å². The SMILES string of the molecule is COCCN1CCCC2(CCCN2Cc2ccc(F)cc2OC)C1=O. The lowest BCUT2D eigenvalue weighted by Crippen LogP contribution is -2.60. The van der Waals surface area contributed by atoms with E-state index in [0.717, 1.165) is 44.3 Å². The van der Waals surface area contributed by atoms with Crippen molar-refractivity contribution in [2.75, 3.05) is 40.5 Å². The molecule has 5 nitrogen and oxygen atoms in total. The fourth-order valence-corrected chi connectivity index (χ4v) is 4.22. The Balaban J connectivity index is 1.81. The molecule has 1 atom stereocenters. The molecule has 0 aliphatic carbocycles. The van der Waals surface area contributed by atoms with Crippen LogP contribution in [0.1, 0.15) is 31.2 Å². The molecule has 2 aliphatic rings. The topological polar surface area (TPSA) is 42.0 Å². The molecule has 1 aromatic carbocycles. The molecule has 6 heteroatoms. The summed E-state index contributed by atoms with van der Waals surface area (Å²) in [6.07, 6.45) is 3.79. The molecule has 1 spiro atoms. The van der Waals surface area contributed by atoms with Gasteiger partial charge in [-0.3, -0.25) is 9.69 Å². The highest BCUT2D eigenvalue weighted by Gasteiger charge is 2.50. The number of benzene rings is 1. The number of hydrogen-bond donors (Lipinski definition) is 0. The van der Waals surface area contributed by atoms with E-state index in [1.807, 2.05) is 4.90 Å². The van der Waals surface area contributed by atoms with Crippen molar-refractivity contribution in [1.82, 2.24) is 9.80 Å². The number of nitrogens with zero attached hydrogens (tertiary/aromatic N) is 2. The van der Waals surface area contributed by atoms with Crippen molar-refractivity contribution in [3.63, 3.8) is 0 Å². The summed E-state index contributed by atoms with van der Waals surface area (Å²) in [5.74, 6) is 0.451. The largest absolute Gasteiger partial charge is 0.496 e. The lowest BCUT2D eigenvalue weighted by atomic mass is 9.85. The van der Waals surface area contributed by atoms with Crippen molar-refractivity contribution < 1.29 is 18.7 Å². The molecule has 2 saturated heterocycles. The van der Waals surface area contributed by atoms with Gasteiger partial charge in [0.25, 0.3) is 0 Å². The van der Waals surface area contributed by atoms with Crippen LogP contribution in [0.15, 0.2) is 18.2 Å². The van der Waals surface area contributed by atoms with Crippen LogP contribution in [0.2, 0.25) is 0 Å². The van der Waals surface area contributed by atoms with E-state index < -0.39 is 5.54 Å². The fourth-order valence-electron chi connectivity index (χ4n) is 4.22. The zero-order valence-corrected chi connectivity index (χ0v) is 15.1. The number of ether oxygens (including phenoxy) is 2. The molecule has 0 radical (unpaired) electrons. The number of halogens is 1. The lowest BCUT2D eigenvalue weighted by Gasteiger charge is -2.44. The lowest BCUT2D eigenvalue weighted by molar-refractivity contribution is -0.148. The van der Waals surface area contributed by atoms with E-state index in [4.69, 9.17) is 9.47 Å². The molecule has 0 N–H and O–H groups in total. The van der Waals surface area contributed by atoms with E-state index in [0.29, 0.717) is 25.4 Å². The number of amides is 1. The van der Waals surface area contributed by atoms with Crippen LogP contribution < -0.4 is 4.74 Å². The normalized spacial score (nSPS) is 24.3. The number of rotatable bonds is 6. The van der Waals surface area contributed by atoms with E-state index in [9.17, 15) is 9.18 Å². The van der Waals surface area contributed by atoms with Crippen molar-refractivity contribution in [2.45, 2.75) is 37.8 Å². The first-order valence-corrected chi connectivity index (χ1v) is 8.96. The number of carbonyl (C=O) groups is 1. The van der Waals surface area contributed by atoms with Crippen molar-refractivity contribution in [1.29, 1.82) is 0 Å². The molecule has 3 rings (SSSR count). The second-order valence-electron chi connectivity index (χ2n) is 6.90.